The van der Waals surface area contributed by atoms with Crippen molar-refractivity contribution in [1.82, 2.24) is 4.90 Å². The molecule has 0 radical (unpaired) electrons. The zero-order valence-corrected chi connectivity index (χ0v) is 9.53. The normalized spacial score (nSPS) is 10.7. The van der Waals surface area contributed by atoms with Gasteiger partial charge in [0.15, 0.2) is 0 Å². The minimum absolute atomic E-state index is 0.113. The molecular formula is C13H19NO. The van der Waals surface area contributed by atoms with Crippen LogP contribution in [0.3, 0.4) is 0 Å². The average molecular weight is 205 g/mol. The Bertz CT molecular complexity index is 316. The molecule has 0 saturated heterocycles. The number of hydrogen-bond donors (Lipinski definition) is 1. The van der Waals surface area contributed by atoms with E-state index in [0.717, 1.165) is 18.7 Å². The first kappa shape index (κ1) is 12.0. The largest absolute Gasteiger partial charge is 0.392 e. The topological polar surface area (TPSA) is 23.5 Å². The summed E-state index contributed by atoms with van der Waals surface area (Å²) in [6.45, 7) is 7.87. The van der Waals surface area contributed by atoms with Crippen molar-refractivity contribution in [1.29, 1.82) is 0 Å². The summed E-state index contributed by atoms with van der Waals surface area (Å²) in [5.74, 6) is 0. The van der Waals surface area contributed by atoms with Crippen molar-refractivity contribution in [3.05, 3.63) is 47.5 Å². The lowest BCUT2D eigenvalue weighted by Gasteiger charge is -2.16. The minimum Gasteiger partial charge on any atom is -0.392 e. The maximum absolute atomic E-state index is 8.91. The molecule has 0 atom stereocenters. The van der Waals surface area contributed by atoms with Gasteiger partial charge in [0.25, 0.3) is 0 Å². The number of aliphatic hydroxyl groups excluding tert-OH is 1. The predicted octanol–water partition coefficient (Wildman–Crippen LogP) is 2.19. The van der Waals surface area contributed by atoms with Crippen LogP contribution < -0.4 is 0 Å². The molecule has 0 bridgehead atoms. The summed E-state index contributed by atoms with van der Waals surface area (Å²) in [6, 6.07) is 8.04. The lowest BCUT2D eigenvalue weighted by molar-refractivity contribution is 0.281. The SMILES string of the molecule is C=C(C)CN(C)Cc1ccc(CO)cc1. The summed E-state index contributed by atoms with van der Waals surface area (Å²) in [5.41, 5.74) is 3.39. The Morgan fingerprint density at radius 2 is 1.80 bits per heavy atom. The third kappa shape index (κ3) is 4.28. The third-order valence-corrected chi connectivity index (χ3v) is 2.20. The molecular weight excluding hydrogens is 186 g/mol. The van der Waals surface area contributed by atoms with Gasteiger partial charge in [-0.15, -0.1) is 0 Å². The third-order valence-electron chi connectivity index (χ3n) is 2.20. The first-order valence-corrected chi connectivity index (χ1v) is 5.13. The minimum atomic E-state index is 0.113. The fourth-order valence-electron chi connectivity index (χ4n) is 1.58. The molecule has 0 aliphatic heterocycles. The van der Waals surface area contributed by atoms with Crippen molar-refractivity contribution in [3.8, 4) is 0 Å². The highest BCUT2D eigenvalue weighted by molar-refractivity contribution is 5.21. The number of nitrogens with zero attached hydrogens (tertiary/aromatic N) is 1. The second kappa shape index (κ2) is 5.69. The van der Waals surface area contributed by atoms with E-state index in [4.69, 9.17) is 5.11 Å². The second-order valence-corrected chi connectivity index (χ2v) is 4.10. The Balaban J connectivity index is 2.53. The molecule has 1 aromatic carbocycles. The molecule has 0 heterocycles. The van der Waals surface area contributed by atoms with Crippen LogP contribution in [-0.2, 0) is 13.2 Å². The van der Waals surface area contributed by atoms with Crippen molar-refractivity contribution in [2.45, 2.75) is 20.1 Å². The van der Waals surface area contributed by atoms with Gasteiger partial charge < -0.3 is 5.11 Å². The summed E-state index contributed by atoms with van der Waals surface area (Å²) in [7, 11) is 2.08. The summed E-state index contributed by atoms with van der Waals surface area (Å²) < 4.78 is 0. The summed E-state index contributed by atoms with van der Waals surface area (Å²) in [6.07, 6.45) is 0. The Morgan fingerprint density at radius 1 is 1.27 bits per heavy atom. The van der Waals surface area contributed by atoms with Crippen LogP contribution in [0.25, 0.3) is 0 Å². The lowest BCUT2D eigenvalue weighted by atomic mass is 10.1. The number of hydrogen-bond acceptors (Lipinski definition) is 2. The van der Waals surface area contributed by atoms with E-state index >= 15 is 0 Å². The van der Waals surface area contributed by atoms with Gasteiger partial charge in [0.05, 0.1) is 6.61 Å². The van der Waals surface area contributed by atoms with Gasteiger partial charge in [0.1, 0.15) is 0 Å². The van der Waals surface area contributed by atoms with Gasteiger partial charge in [-0.05, 0) is 25.1 Å². The number of aliphatic hydroxyl groups is 1. The van der Waals surface area contributed by atoms with E-state index in [-0.39, 0.29) is 6.61 Å². The van der Waals surface area contributed by atoms with Gasteiger partial charge in [-0.1, -0.05) is 36.4 Å². The Kier molecular flexibility index (Phi) is 4.53. The maximum atomic E-state index is 8.91. The molecule has 0 aliphatic rings. The van der Waals surface area contributed by atoms with Gasteiger partial charge in [-0.3, -0.25) is 4.90 Å². The van der Waals surface area contributed by atoms with Crippen molar-refractivity contribution in [2.24, 2.45) is 0 Å². The zero-order chi connectivity index (χ0) is 11.3. The molecule has 0 spiro atoms. The Labute approximate surface area is 91.9 Å². The van der Waals surface area contributed by atoms with Crippen LogP contribution in [-0.4, -0.2) is 23.6 Å². The molecule has 1 rings (SSSR count). The van der Waals surface area contributed by atoms with E-state index in [2.05, 4.69) is 30.7 Å². The van der Waals surface area contributed by atoms with Crippen LogP contribution in [0, 0.1) is 0 Å². The van der Waals surface area contributed by atoms with Crippen molar-refractivity contribution in [3.63, 3.8) is 0 Å². The van der Waals surface area contributed by atoms with E-state index in [1.807, 2.05) is 19.1 Å². The summed E-state index contributed by atoms with van der Waals surface area (Å²) >= 11 is 0. The van der Waals surface area contributed by atoms with Gasteiger partial charge >= 0.3 is 0 Å². The molecule has 2 nitrogen and oxygen atoms in total. The number of rotatable bonds is 5. The molecule has 15 heavy (non-hydrogen) atoms. The van der Waals surface area contributed by atoms with Crippen LogP contribution in [0.2, 0.25) is 0 Å². The smallest absolute Gasteiger partial charge is 0.0681 e. The fraction of sp³-hybridized carbons (Fsp3) is 0.385. The fourth-order valence-corrected chi connectivity index (χ4v) is 1.58. The van der Waals surface area contributed by atoms with Crippen LogP contribution in [0.1, 0.15) is 18.1 Å². The first-order valence-electron chi connectivity index (χ1n) is 5.13. The van der Waals surface area contributed by atoms with Crippen LogP contribution in [0.15, 0.2) is 36.4 Å². The Hall–Kier alpha value is -1.12. The van der Waals surface area contributed by atoms with Crippen molar-refractivity contribution >= 4 is 0 Å². The lowest BCUT2D eigenvalue weighted by Crippen LogP contribution is -2.19. The molecule has 0 aromatic heterocycles. The van der Waals surface area contributed by atoms with Gasteiger partial charge in [-0.25, -0.2) is 0 Å². The van der Waals surface area contributed by atoms with Gasteiger partial charge in [0, 0.05) is 13.1 Å². The molecule has 2 heteroatoms. The van der Waals surface area contributed by atoms with E-state index in [1.54, 1.807) is 0 Å². The van der Waals surface area contributed by atoms with Crippen LogP contribution in [0.4, 0.5) is 0 Å². The highest BCUT2D eigenvalue weighted by Crippen LogP contribution is 2.07. The predicted molar refractivity (Wildman–Crippen MR) is 63.5 cm³/mol. The van der Waals surface area contributed by atoms with E-state index in [1.165, 1.54) is 11.1 Å². The molecule has 0 fully saturated rings. The molecule has 0 amide bonds. The molecule has 82 valence electrons. The molecule has 0 saturated carbocycles. The number of likely N-dealkylation sites (N-methyl/N-ethyl adjacent to an activating group) is 1. The van der Waals surface area contributed by atoms with E-state index < -0.39 is 0 Å². The summed E-state index contributed by atoms with van der Waals surface area (Å²) in [4.78, 5) is 2.22. The quantitative estimate of drug-likeness (QED) is 0.745. The van der Waals surface area contributed by atoms with E-state index in [9.17, 15) is 0 Å². The zero-order valence-electron chi connectivity index (χ0n) is 9.53. The number of benzene rings is 1. The van der Waals surface area contributed by atoms with Crippen LogP contribution in [0.5, 0.6) is 0 Å². The standard InChI is InChI=1S/C13H19NO/c1-11(2)8-14(3)9-12-4-6-13(10-15)7-5-12/h4-7,15H,1,8-10H2,2-3H3. The van der Waals surface area contributed by atoms with Crippen molar-refractivity contribution < 1.29 is 5.11 Å². The first-order chi connectivity index (χ1) is 7.11. The molecule has 0 unspecified atom stereocenters. The highest BCUT2D eigenvalue weighted by Gasteiger charge is 2.00. The summed E-state index contributed by atoms with van der Waals surface area (Å²) in [5, 5.41) is 8.91. The van der Waals surface area contributed by atoms with Crippen LogP contribution >= 0.6 is 0 Å². The highest BCUT2D eigenvalue weighted by atomic mass is 16.3. The Morgan fingerprint density at radius 3 is 2.27 bits per heavy atom. The van der Waals surface area contributed by atoms with Crippen molar-refractivity contribution in [2.75, 3.05) is 13.6 Å². The van der Waals surface area contributed by atoms with Gasteiger partial charge in [-0.2, -0.15) is 0 Å². The van der Waals surface area contributed by atoms with Gasteiger partial charge in [0.2, 0.25) is 0 Å². The van der Waals surface area contributed by atoms with E-state index in [0.29, 0.717) is 0 Å². The average Bonchev–Trinajstić information content (AvgIpc) is 2.17. The molecule has 0 aliphatic carbocycles. The molecule has 1 N–H and O–H groups in total. The molecule has 1 aromatic rings. The second-order valence-electron chi connectivity index (χ2n) is 4.10. The maximum Gasteiger partial charge on any atom is 0.0681 e. The monoisotopic (exact) mass is 205 g/mol.